The van der Waals surface area contributed by atoms with Gasteiger partial charge < -0.3 is 9.47 Å². The molecule has 0 aliphatic carbocycles. The van der Waals surface area contributed by atoms with Crippen molar-refractivity contribution in [1.82, 2.24) is 0 Å². The summed E-state index contributed by atoms with van der Waals surface area (Å²) in [5, 5.41) is 0. The second-order valence-electron chi connectivity index (χ2n) is 4.02. The fraction of sp³-hybridized carbons (Fsp3) is 0.188. The largest absolute Gasteiger partial charge is 0.493 e. The molecule has 0 spiro atoms. The van der Waals surface area contributed by atoms with Crippen LogP contribution in [0.25, 0.3) is 0 Å². The quantitative estimate of drug-likeness (QED) is 0.742. The summed E-state index contributed by atoms with van der Waals surface area (Å²) in [5.74, 6) is 1.25. The lowest BCUT2D eigenvalue weighted by atomic mass is 10.2. The highest BCUT2D eigenvalue weighted by atomic mass is 16.5. The van der Waals surface area contributed by atoms with Crippen LogP contribution >= 0.6 is 0 Å². The lowest BCUT2D eigenvalue weighted by Crippen LogP contribution is -1.99. The number of carbonyl (C=O) groups is 1. The van der Waals surface area contributed by atoms with Gasteiger partial charge in [0.2, 0.25) is 0 Å². The Morgan fingerprint density at radius 1 is 1.05 bits per heavy atom. The smallest absolute Gasteiger partial charge is 0.153 e. The van der Waals surface area contributed by atoms with Crippen molar-refractivity contribution in [3.63, 3.8) is 0 Å². The second-order valence-corrected chi connectivity index (χ2v) is 4.02. The van der Waals surface area contributed by atoms with E-state index >= 15 is 0 Å². The topological polar surface area (TPSA) is 35.5 Å². The summed E-state index contributed by atoms with van der Waals surface area (Å²) in [6, 6.07) is 15.1. The molecule has 0 fully saturated rings. The van der Waals surface area contributed by atoms with Crippen LogP contribution in [-0.2, 0) is 6.61 Å². The summed E-state index contributed by atoms with van der Waals surface area (Å²) in [6.07, 6.45) is 0.784. The van der Waals surface area contributed by atoms with Crippen LogP contribution in [0.3, 0.4) is 0 Å². The fourth-order valence-corrected chi connectivity index (χ4v) is 1.72. The molecule has 0 aliphatic heterocycles. The summed E-state index contributed by atoms with van der Waals surface area (Å²) in [5.41, 5.74) is 1.63. The van der Waals surface area contributed by atoms with Gasteiger partial charge in [-0.05, 0) is 24.6 Å². The SMILES string of the molecule is CCOc1cc(OCc2ccccc2)ccc1C=O. The molecule has 19 heavy (non-hydrogen) atoms. The van der Waals surface area contributed by atoms with Crippen LogP contribution < -0.4 is 9.47 Å². The zero-order valence-electron chi connectivity index (χ0n) is 10.8. The second kappa shape index (κ2) is 6.59. The van der Waals surface area contributed by atoms with Crippen molar-refractivity contribution in [1.29, 1.82) is 0 Å². The van der Waals surface area contributed by atoms with Crippen molar-refractivity contribution in [2.24, 2.45) is 0 Å². The Morgan fingerprint density at radius 3 is 2.53 bits per heavy atom. The minimum Gasteiger partial charge on any atom is -0.493 e. The third kappa shape index (κ3) is 3.58. The molecule has 3 heteroatoms. The maximum atomic E-state index is 10.9. The van der Waals surface area contributed by atoms with Gasteiger partial charge in [0.15, 0.2) is 6.29 Å². The standard InChI is InChI=1S/C16H16O3/c1-2-18-16-10-15(9-8-14(16)11-17)19-12-13-6-4-3-5-7-13/h3-11H,2,12H2,1H3. The summed E-state index contributed by atoms with van der Waals surface area (Å²) >= 11 is 0. The Hall–Kier alpha value is -2.29. The Bertz CT molecular complexity index is 535. The molecular weight excluding hydrogens is 240 g/mol. The van der Waals surface area contributed by atoms with E-state index in [2.05, 4.69) is 0 Å². The van der Waals surface area contributed by atoms with Crippen molar-refractivity contribution in [2.75, 3.05) is 6.61 Å². The van der Waals surface area contributed by atoms with Crippen LogP contribution in [0.5, 0.6) is 11.5 Å². The summed E-state index contributed by atoms with van der Waals surface area (Å²) in [4.78, 5) is 10.9. The lowest BCUT2D eigenvalue weighted by Gasteiger charge is -2.10. The van der Waals surface area contributed by atoms with Crippen LogP contribution in [0, 0.1) is 0 Å². The molecule has 0 unspecified atom stereocenters. The van der Waals surface area contributed by atoms with Gasteiger partial charge >= 0.3 is 0 Å². The summed E-state index contributed by atoms with van der Waals surface area (Å²) < 4.78 is 11.1. The Kier molecular flexibility index (Phi) is 4.56. The maximum Gasteiger partial charge on any atom is 0.153 e. The molecule has 0 radical (unpaired) electrons. The first-order valence-electron chi connectivity index (χ1n) is 6.22. The van der Waals surface area contributed by atoms with Crippen LogP contribution in [0.2, 0.25) is 0 Å². The molecule has 0 atom stereocenters. The molecular formula is C16H16O3. The first-order valence-corrected chi connectivity index (χ1v) is 6.22. The van der Waals surface area contributed by atoms with Gasteiger partial charge in [0.1, 0.15) is 18.1 Å². The number of carbonyl (C=O) groups excluding carboxylic acids is 1. The number of hydrogen-bond acceptors (Lipinski definition) is 3. The van der Waals surface area contributed by atoms with Crippen molar-refractivity contribution < 1.29 is 14.3 Å². The summed E-state index contributed by atoms with van der Waals surface area (Å²) in [6.45, 7) is 2.89. The van der Waals surface area contributed by atoms with Gasteiger partial charge in [0.25, 0.3) is 0 Å². The zero-order chi connectivity index (χ0) is 13.5. The van der Waals surface area contributed by atoms with Gasteiger partial charge in [0, 0.05) is 6.07 Å². The van der Waals surface area contributed by atoms with E-state index in [0.717, 1.165) is 11.8 Å². The monoisotopic (exact) mass is 256 g/mol. The Morgan fingerprint density at radius 2 is 1.84 bits per heavy atom. The van der Waals surface area contributed by atoms with Crippen LogP contribution in [0.1, 0.15) is 22.8 Å². The highest BCUT2D eigenvalue weighted by molar-refractivity contribution is 5.79. The molecule has 3 nitrogen and oxygen atoms in total. The van der Waals surface area contributed by atoms with Crippen molar-refractivity contribution in [3.8, 4) is 11.5 Å². The predicted molar refractivity (Wildman–Crippen MR) is 73.8 cm³/mol. The van der Waals surface area contributed by atoms with E-state index in [1.807, 2.05) is 37.3 Å². The number of ether oxygens (including phenoxy) is 2. The van der Waals surface area contributed by atoms with E-state index in [1.54, 1.807) is 18.2 Å². The molecule has 0 aromatic heterocycles. The minimum atomic E-state index is 0.493. The highest BCUT2D eigenvalue weighted by Gasteiger charge is 2.05. The molecule has 0 saturated carbocycles. The van der Waals surface area contributed by atoms with E-state index < -0.39 is 0 Å². The van der Waals surface area contributed by atoms with Crippen molar-refractivity contribution in [2.45, 2.75) is 13.5 Å². The average Bonchev–Trinajstić information content (AvgIpc) is 2.47. The van der Waals surface area contributed by atoms with E-state index in [0.29, 0.717) is 30.3 Å². The normalized spacial score (nSPS) is 9.95. The number of aldehydes is 1. The number of benzene rings is 2. The third-order valence-corrected chi connectivity index (χ3v) is 2.66. The van der Waals surface area contributed by atoms with E-state index in [-0.39, 0.29) is 0 Å². The molecule has 0 amide bonds. The molecule has 2 aromatic rings. The van der Waals surface area contributed by atoms with Crippen LogP contribution in [0.15, 0.2) is 48.5 Å². The van der Waals surface area contributed by atoms with Crippen molar-refractivity contribution in [3.05, 3.63) is 59.7 Å². The molecule has 98 valence electrons. The number of hydrogen-bond donors (Lipinski definition) is 0. The van der Waals surface area contributed by atoms with Crippen LogP contribution in [0.4, 0.5) is 0 Å². The first-order chi connectivity index (χ1) is 9.33. The summed E-state index contributed by atoms with van der Waals surface area (Å²) in [7, 11) is 0. The molecule has 2 aromatic carbocycles. The Balaban J connectivity index is 2.08. The number of rotatable bonds is 6. The molecule has 0 N–H and O–H groups in total. The van der Waals surface area contributed by atoms with Gasteiger partial charge in [-0.3, -0.25) is 4.79 Å². The third-order valence-electron chi connectivity index (χ3n) is 2.66. The zero-order valence-corrected chi connectivity index (χ0v) is 10.8. The Labute approximate surface area is 112 Å². The molecule has 0 aliphatic rings. The molecule has 0 bridgehead atoms. The lowest BCUT2D eigenvalue weighted by molar-refractivity contribution is 0.111. The minimum absolute atomic E-state index is 0.493. The van der Waals surface area contributed by atoms with Crippen LogP contribution in [-0.4, -0.2) is 12.9 Å². The average molecular weight is 256 g/mol. The van der Waals surface area contributed by atoms with Gasteiger partial charge in [-0.25, -0.2) is 0 Å². The first kappa shape index (κ1) is 13.1. The van der Waals surface area contributed by atoms with Gasteiger partial charge in [-0.1, -0.05) is 30.3 Å². The molecule has 2 rings (SSSR count). The van der Waals surface area contributed by atoms with E-state index in [1.165, 1.54) is 0 Å². The van der Waals surface area contributed by atoms with Gasteiger partial charge in [-0.2, -0.15) is 0 Å². The van der Waals surface area contributed by atoms with Gasteiger partial charge in [-0.15, -0.1) is 0 Å². The fourth-order valence-electron chi connectivity index (χ4n) is 1.72. The van der Waals surface area contributed by atoms with E-state index in [9.17, 15) is 4.79 Å². The maximum absolute atomic E-state index is 10.9. The molecule has 0 heterocycles. The highest BCUT2D eigenvalue weighted by Crippen LogP contribution is 2.24. The van der Waals surface area contributed by atoms with Crippen molar-refractivity contribution >= 4 is 6.29 Å². The molecule has 0 saturated heterocycles. The van der Waals surface area contributed by atoms with Gasteiger partial charge in [0.05, 0.1) is 12.2 Å². The van der Waals surface area contributed by atoms with E-state index in [4.69, 9.17) is 9.47 Å². The predicted octanol–water partition coefficient (Wildman–Crippen LogP) is 3.48.